The number of nitrogens with zero attached hydrogens (tertiary/aromatic N) is 1. The Morgan fingerprint density at radius 2 is 1.80 bits per heavy atom. The second-order valence-electron chi connectivity index (χ2n) is 4.58. The molecule has 20 heavy (non-hydrogen) atoms. The number of sulfonamides is 1. The SMILES string of the molecule is C=CCN(C/C=C(\C)C=C)S(=O)(=O)c1ccc(C)cc1. The third-order valence-electron chi connectivity index (χ3n) is 2.93. The number of rotatable bonds is 7. The standard InChI is InChI=1S/C16H21NO2S/c1-5-12-17(13-11-14(3)6-2)20(18,19)16-9-7-15(4)8-10-16/h5-11H,1-2,12-13H2,3-4H3/b14-11+. The van der Waals surface area contributed by atoms with Crippen LogP contribution in [0, 0.1) is 6.92 Å². The molecular weight excluding hydrogens is 270 g/mol. The van der Waals surface area contributed by atoms with E-state index in [1.165, 1.54) is 4.31 Å². The Balaban J connectivity index is 3.08. The number of hydrogen-bond donors (Lipinski definition) is 0. The molecule has 4 heteroatoms. The first-order valence-electron chi connectivity index (χ1n) is 6.38. The van der Waals surface area contributed by atoms with E-state index in [9.17, 15) is 8.42 Å². The van der Waals surface area contributed by atoms with Crippen molar-refractivity contribution in [1.82, 2.24) is 4.31 Å². The summed E-state index contributed by atoms with van der Waals surface area (Å²) in [5.41, 5.74) is 1.97. The molecule has 0 N–H and O–H groups in total. The fourth-order valence-corrected chi connectivity index (χ4v) is 2.95. The highest BCUT2D eigenvalue weighted by atomic mass is 32.2. The summed E-state index contributed by atoms with van der Waals surface area (Å²) >= 11 is 0. The van der Waals surface area contributed by atoms with Crippen LogP contribution in [0.4, 0.5) is 0 Å². The smallest absolute Gasteiger partial charge is 0.207 e. The quantitative estimate of drug-likeness (QED) is 0.571. The van der Waals surface area contributed by atoms with Gasteiger partial charge in [-0.25, -0.2) is 8.42 Å². The molecule has 0 heterocycles. The molecule has 0 fully saturated rings. The molecule has 1 aromatic rings. The van der Waals surface area contributed by atoms with Gasteiger partial charge < -0.3 is 0 Å². The number of aryl methyl sites for hydroxylation is 1. The zero-order chi connectivity index (χ0) is 15.2. The number of allylic oxidation sites excluding steroid dienone is 2. The second kappa shape index (κ2) is 7.22. The molecule has 0 radical (unpaired) electrons. The average Bonchev–Trinajstić information content (AvgIpc) is 2.43. The molecule has 0 aromatic heterocycles. The molecule has 0 aliphatic carbocycles. The lowest BCUT2D eigenvalue weighted by molar-refractivity contribution is 0.473. The molecule has 3 nitrogen and oxygen atoms in total. The monoisotopic (exact) mass is 291 g/mol. The molecule has 0 saturated heterocycles. The summed E-state index contributed by atoms with van der Waals surface area (Å²) in [6.07, 6.45) is 5.12. The topological polar surface area (TPSA) is 37.4 Å². The Labute approximate surface area is 122 Å². The van der Waals surface area contributed by atoms with Crippen LogP contribution in [0.25, 0.3) is 0 Å². The molecule has 0 atom stereocenters. The van der Waals surface area contributed by atoms with Crippen LogP contribution in [-0.4, -0.2) is 25.8 Å². The maximum absolute atomic E-state index is 12.6. The van der Waals surface area contributed by atoms with Crippen molar-refractivity contribution in [1.29, 1.82) is 0 Å². The van der Waals surface area contributed by atoms with Crippen LogP contribution in [0.3, 0.4) is 0 Å². The highest BCUT2D eigenvalue weighted by Crippen LogP contribution is 2.16. The van der Waals surface area contributed by atoms with Crippen molar-refractivity contribution in [3.05, 3.63) is 66.8 Å². The van der Waals surface area contributed by atoms with Gasteiger partial charge in [-0.2, -0.15) is 4.31 Å². The van der Waals surface area contributed by atoms with Crippen molar-refractivity contribution in [2.75, 3.05) is 13.1 Å². The molecule has 0 spiro atoms. The van der Waals surface area contributed by atoms with Crippen LogP contribution < -0.4 is 0 Å². The molecule has 0 aliphatic heterocycles. The number of benzene rings is 1. The van der Waals surface area contributed by atoms with E-state index >= 15 is 0 Å². The number of hydrogen-bond acceptors (Lipinski definition) is 2. The van der Waals surface area contributed by atoms with Crippen molar-refractivity contribution in [2.24, 2.45) is 0 Å². The van der Waals surface area contributed by atoms with E-state index in [0.717, 1.165) is 11.1 Å². The van der Waals surface area contributed by atoms with Gasteiger partial charge in [0.1, 0.15) is 0 Å². The van der Waals surface area contributed by atoms with Crippen molar-refractivity contribution < 1.29 is 8.42 Å². The third-order valence-corrected chi connectivity index (χ3v) is 4.78. The first kappa shape index (κ1) is 16.4. The van der Waals surface area contributed by atoms with Gasteiger partial charge in [-0.05, 0) is 26.0 Å². The largest absolute Gasteiger partial charge is 0.243 e. The van der Waals surface area contributed by atoms with Crippen LogP contribution in [-0.2, 0) is 10.0 Å². The van der Waals surface area contributed by atoms with Crippen molar-refractivity contribution in [3.8, 4) is 0 Å². The molecule has 0 saturated carbocycles. The average molecular weight is 291 g/mol. The van der Waals surface area contributed by atoms with Gasteiger partial charge in [0.15, 0.2) is 0 Å². The lowest BCUT2D eigenvalue weighted by Crippen LogP contribution is -2.31. The summed E-state index contributed by atoms with van der Waals surface area (Å²) < 4.78 is 26.5. The van der Waals surface area contributed by atoms with Gasteiger partial charge in [-0.3, -0.25) is 0 Å². The van der Waals surface area contributed by atoms with Gasteiger partial charge in [0, 0.05) is 13.1 Å². The van der Waals surface area contributed by atoms with E-state index in [1.807, 2.05) is 19.9 Å². The lowest BCUT2D eigenvalue weighted by Gasteiger charge is -2.19. The Kier molecular flexibility index (Phi) is 5.92. The minimum atomic E-state index is -3.50. The zero-order valence-corrected chi connectivity index (χ0v) is 12.9. The van der Waals surface area contributed by atoms with Gasteiger partial charge in [0.2, 0.25) is 10.0 Å². The maximum Gasteiger partial charge on any atom is 0.243 e. The third kappa shape index (κ3) is 4.18. The minimum Gasteiger partial charge on any atom is -0.207 e. The van der Waals surface area contributed by atoms with Crippen molar-refractivity contribution in [3.63, 3.8) is 0 Å². The summed E-state index contributed by atoms with van der Waals surface area (Å²) in [6.45, 7) is 11.7. The molecule has 1 aromatic carbocycles. The predicted octanol–water partition coefficient (Wildman–Crippen LogP) is 3.30. The van der Waals surface area contributed by atoms with Crippen LogP contribution in [0.5, 0.6) is 0 Å². The summed E-state index contributed by atoms with van der Waals surface area (Å²) in [7, 11) is -3.50. The van der Waals surface area contributed by atoms with Crippen LogP contribution in [0.1, 0.15) is 12.5 Å². The molecule has 0 amide bonds. The van der Waals surface area contributed by atoms with E-state index in [0.29, 0.717) is 11.4 Å². The Morgan fingerprint density at radius 3 is 2.30 bits per heavy atom. The first-order chi connectivity index (χ1) is 9.41. The Hall–Kier alpha value is -1.65. The zero-order valence-electron chi connectivity index (χ0n) is 12.0. The fraction of sp³-hybridized carbons (Fsp3) is 0.250. The van der Waals surface area contributed by atoms with Gasteiger partial charge in [-0.15, -0.1) is 6.58 Å². The molecule has 0 unspecified atom stereocenters. The highest BCUT2D eigenvalue weighted by Gasteiger charge is 2.22. The van der Waals surface area contributed by atoms with E-state index in [4.69, 9.17) is 0 Å². The Morgan fingerprint density at radius 1 is 1.20 bits per heavy atom. The Bertz CT molecular complexity index is 598. The molecular formula is C16H21NO2S. The highest BCUT2D eigenvalue weighted by molar-refractivity contribution is 7.89. The summed E-state index contributed by atoms with van der Waals surface area (Å²) in [5.74, 6) is 0. The maximum atomic E-state index is 12.6. The molecule has 108 valence electrons. The fourth-order valence-electron chi connectivity index (χ4n) is 1.60. The predicted molar refractivity (Wildman–Crippen MR) is 84.1 cm³/mol. The summed E-state index contributed by atoms with van der Waals surface area (Å²) in [5, 5.41) is 0. The van der Waals surface area contributed by atoms with Crippen molar-refractivity contribution in [2.45, 2.75) is 18.7 Å². The van der Waals surface area contributed by atoms with Gasteiger partial charge in [0.05, 0.1) is 4.90 Å². The first-order valence-corrected chi connectivity index (χ1v) is 7.82. The molecule has 0 aliphatic rings. The van der Waals surface area contributed by atoms with E-state index in [1.54, 1.807) is 36.4 Å². The lowest BCUT2D eigenvalue weighted by atomic mass is 10.2. The van der Waals surface area contributed by atoms with Gasteiger partial charge in [0.25, 0.3) is 0 Å². The van der Waals surface area contributed by atoms with Gasteiger partial charge >= 0.3 is 0 Å². The van der Waals surface area contributed by atoms with E-state index < -0.39 is 10.0 Å². The molecule has 0 bridgehead atoms. The van der Waals surface area contributed by atoms with Crippen LogP contribution >= 0.6 is 0 Å². The summed E-state index contributed by atoms with van der Waals surface area (Å²) in [4.78, 5) is 0.301. The summed E-state index contributed by atoms with van der Waals surface area (Å²) in [6, 6.07) is 6.85. The van der Waals surface area contributed by atoms with Gasteiger partial charge in [-0.1, -0.05) is 48.1 Å². The van der Waals surface area contributed by atoms with E-state index in [-0.39, 0.29) is 6.54 Å². The van der Waals surface area contributed by atoms with Crippen LogP contribution in [0.2, 0.25) is 0 Å². The minimum absolute atomic E-state index is 0.275. The molecule has 1 rings (SSSR count). The van der Waals surface area contributed by atoms with E-state index in [2.05, 4.69) is 13.2 Å². The van der Waals surface area contributed by atoms with Crippen molar-refractivity contribution >= 4 is 10.0 Å². The second-order valence-corrected chi connectivity index (χ2v) is 6.51. The normalized spacial score (nSPS) is 12.4. The van der Waals surface area contributed by atoms with Crippen LogP contribution in [0.15, 0.2) is 66.1 Å².